The Hall–Kier alpha value is -1.87. The molecule has 1 amide bonds. The predicted octanol–water partition coefficient (Wildman–Crippen LogP) is 2.76. The Bertz CT molecular complexity index is 595. The van der Waals surface area contributed by atoms with Crippen LogP contribution in [0.15, 0.2) is 22.7 Å². The Morgan fingerprint density at radius 1 is 1.35 bits per heavy atom. The van der Waals surface area contributed by atoms with Crippen molar-refractivity contribution in [2.24, 2.45) is 11.8 Å². The van der Waals surface area contributed by atoms with Crippen LogP contribution in [0.1, 0.15) is 24.8 Å². The number of benzene rings is 1. The van der Waals surface area contributed by atoms with E-state index in [2.05, 4.69) is 21.2 Å². The number of hydrogen-bond acceptors (Lipinski definition) is 3. The fraction of sp³-hybridized carbons (Fsp3) is 0.357. The van der Waals surface area contributed by atoms with Gasteiger partial charge in [-0.25, -0.2) is 0 Å². The molecule has 104 valence electrons. The lowest BCUT2D eigenvalue weighted by atomic mass is 9.95. The number of aliphatic carboxylic acids is 1. The number of halogens is 1. The summed E-state index contributed by atoms with van der Waals surface area (Å²) in [6, 6.07) is 6.95. The van der Waals surface area contributed by atoms with Crippen molar-refractivity contribution < 1.29 is 14.7 Å². The summed E-state index contributed by atoms with van der Waals surface area (Å²) in [7, 11) is 0. The van der Waals surface area contributed by atoms with Crippen LogP contribution in [0.2, 0.25) is 0 Å². The summed E-state index contributed by atoms with van der Waals surface area (Å²) in [5, 5.41) is 20.8. The summed E-state index contributed by atoms with van der Waals surface area (Å²) in [5.41, 5.74) is 0.759. The minimum Gasteiger partial charge on any atom is -0.481 e. The van der Waals surface area contributed by atoms with Gasteiger partial charge < -0.3 is 10.4 Å². The van der Waals surface area contributed by atoms with E-state index < -0.39 is 17.8 Å². The molecule has 0 heterocycles. The number of hydrogen-bond donors (Lipinski definition) is 2. The highest BCUT2D eigenvalue weighted by Crippen LogP contribution is 2.33. The number of nitrogens with one attached hydrogen (secondary N) is 1. The smallest absolute Gasteiger partial charge is 0.307 e. The van der Waals surface area contributed by atoms with Crippen LogP contribution in [0.25, 0.3) is 0 Å². The normalized spacial score (nSPS) is 21.2. The molecular weight excluding hydrogens is 324 g/mol. The first-order valence-electron chi connectivity index (χ1n) is 6.26. The number of carbonyl (C=O) groups excluding carboxylic acids is 1. The first kappa shape index (κ1) is 14.5. The third kappa shape index (κ3) is 2.99. The number of carboxylic acids is 1. The summed E-state index contributed by atoms with van der Waals surface area (Å²) < 4.78 is 0.744. The average molecular weight is 337 g/mol. The molecule has 0 bridgehead atoms. The molecule has 0 aliphatic heterocycles. The first-order valence-corrected chi connectivity index (χ1v) is 7.05. The lowest BCUT2D eigenvalue weighted by molar-refractivity contribution is -0.145. The van der Waals surface area contributed by atoms with Gasteiger partial charge in [-0.1, -0.05) is 22.4 Å². The van der Waals surface area contributed by atoms with E-state index in [1.54, 1.807) is 18.2 Å². The number of carboxylic acid groups (broad SMARTS) is 1. The van der Waals surface area contributed by atoms with Gasteiger partial charge in [0.2, 0.25) is 5.91 Å². The van der Waals surface area contributed by atoms with Crippen LogP contribution < -0.4 is 5.32 Å². The van der Waals surface area contributed by atoms with E-state index in [9.17, 15) is 9.59 Å². The summed E-state index contributed by atoms with van der Waals surface area (Å²) in [5.74, 6) is -2.42. The maximum atomic E-state index is 12.2. The van der Waals surface area contributed by atoms with Gasteiger partial charge in [-0.2, -0.15) is 5.26 Å². The number of carbonyl (C=O) groups is 2. The van der Waals surface area contributed by atoms with Crippen LogP contribution in [-0.4, -0.2) is 17.0 Å². The topological polar surface area (TPSA) is 90.2 Å². The molecule has 0 aromatic heterocycles. The largest absolute Gasteiger partial charge is 0.481 e. The Kier molecular flexibility index (Phi) is 4.40. The monoisotopic (exact) mass is 336 g/mol. The summed E-state index contributed by atoms with van der Waals surface area (Å²) in [6.45, 7) is 0. The molecule has 2 rings (SSSR count). The molecule has 6 heteroatoms. The van der Waals surface area contributed by atoms with Gasteiger partial charge in [0, 0.05) is 4.47 Å². The zero-order valence-electron chi connectivity index (χ0n) is 10.6. The molecule has 1 saturated carbocycles. The van der Waals surface area contributed by atoms with Crippen molar-refractivity contribution in [3.05, 3.63) is 28.2 Å². The highest BCUT2D eigenvalue weighted by molar-refractivity contribution is 9.10. The van der Waals surface area contributed by atoms with E-state index in [4.69, 9.17) is 10.4 Å². The fourth-order valence-electron chi connectivity index (χ4n) is 2.51. The van der Waals surface area contributed by atoms with Crippen molar-refractivity contribution in [1.29, 1.82) is 5.26 Å². The SMILES string of the molecule is N#Cc1ccc(Br)cc1NC(=O)[C@@H]1CCC[C@@H]1C(=O)O. The molecule has 2 N–H and O–H groups in total. The van der Waals surface area contributed by atoms with Gasteiger partial charge in [0.15, 0.2) is 0 Å². The lowest BCUT2D eigenvalue weighted by Gasteiger charge is -2.16. The molecule has 0 saturated heterocycles. The van der Waals surface area contributed by atoms with Gasteiger partial charge in [0.25, 0.3) is 0 Å². The standard InChI is InChI=1S/C14H13BrN2O3/c15-9-5-4-8(7-16)12(6-9)17-13(18)10-2-1-3-11(10)14(19)20/h4-6,10-11H,1-3H2,(H,17,18)(H,19,20)/t10-,11+/m1/s1. The van der Waals surface area contributed by atoms with E-state index in [0.29, 0.717) is 24.1 Å². The van der Waals surface area contributed by atoms with Crippen LogP contribution in [-0.2, 0) is 9.59 Å². The van der Waals surface area contributed by atoms with E-state index in [0.717, 1.165) is 10.9 Å². The summed E-state index contributed by atoms with van der Waals surface area (Å²) in [6.07, 6.45) is 1.83. The Morgan fingerprint density at radius 2 is 2.05 bits per heavy atom. The third-order valence-electron chi connectivity index (χ3n) is 3.53. The fourth-order valence-corrected chi connectivity index (χ4v) is 2.87. The van der Waals surface area contributed by atoms with Gasteiger partial charge in [-0.05, 0) is 31.0 Å². The van der Waals surface area contributed by atoms with Gasteiger partial charge in [-0.3, -0.25) is 9.59 Å². The molecule has 0 radical (unpaired) electrons. The Balaban J connectivity index is 2.18. The van der Waals surface area contributed by atoms with Crippen LogP contribution in [0, 0.1) is 23.2 Å². The lowest BCUT2D eigenvalue weighted by Crippen LogP contribution is -2.30. The van der Waals surface area contributed by atoms with Crippen LogP contribution in [0.4, 0.5) is 5.69 Å². The van der Waals surface area contributed by atoms with Gasteiger partial charge >= 0.3 is 5.97 Å². The maximum absolute atomic E-state index is 12.2. The van der Waals surface area contributed by atoms with Crippen molar-refractivity contribution in [3.63, 3.8) is 0 Å². The number of amides is 1. The van der Waals surface area contributed by atoms with Crippen LogP contribution >= 0.6 is 15.9 Å². The highest BCUT2D eigenvalue weighted by atomic mass is 79.9. The predicted molar refractivity (Wildman–Crippen MR) is 76.0 cm³/mol. The quantitative estimate of drug-likeness (QED) is 0.887. The molecule has 1 aromatic carbocycles. The second-order valence-corrected chi connectivity index (χ2v) is 5.69. The van der Waals surface area contributed by atoms with Gasteiger partial charge in [0.05, 0.1) is 23.1 Å². The third-order valence-corrected chi connectivity index (χ3v) is 4.02. The Morgan fingerprint density at radius 3 is 2.70 bits per heavy atom. The second kappa shape index (κ2) is 6.06. The number of nitrogens with zero attached hydrogens (tertiary/aromatic N) is 1. The molecule has 2 atom stereocenters. The molecule has 5 nitrogen and oxygen atoms in total. The summed E-state index contributed by atoms with van der Waals surface area (Å²) in [4.78, 5) is 23.3. The maximum Gasteiger partial charge on any atom is 0.307 e. The minimum absolute atomic E-state index is 0.329. The van der Waals surface area contributed by atoms with Crippen molar-refractivity contribution in [2.45, 2.75) is 19.3 Å². The van der Waals surface area contributed by atoms with Crippen molar-refractivity contribution in [3.8, 4) is 6.07 Å². The van der Waals surface area contributed by atoms with Gasteiger partial charge in [0.1, 0.15) is 6.07 Å². The van der Waals surface area contributed by atoms with E-state index in [1.165, 1.54) is 0 Å². The zero-order valence-corrected chi connectivity index (χ0v) is 12.2. The van der Waals surface area contributed by atoms with E-state index >= 15 is 0 Å². The van der Waals surface area contributed by atoms with Crippen LogP contribution in [0.3, 0.4) is 0 Å². The second-order valence-electron chi connectivity index (χ2n) is 4.77. The van der Waals surface area contributed by atoms with E-state index in [1.807, 2.05) is 6.07 Å². The number of rotatable bonds is 3. The van der Waals surface area contributed by atoms with Crippen molar-refractivity contribution >= 4 is 33.5 Å². The average Bonchev–Trinajstić information content (AvgIpc) is 2.88. The number of nitriles is 1. The minimum atomic E-state index is -0.933. The molecular formula is C14H13BrN2O3. The first-order chi connectivity index (χ1) is 9.52. The molecule has 1 fully saturated rings. The zero-order chi connectivity index (χ0) is 14.7. The van der Waals surface area contributed by atoms with Crippen molar-refractivity contribution in [1.82, 2.24) is 0 Å². The van der Waals surface area contributed by atoms with Crippen LogP contribution in [0.5, 0.6) is 0 Å². The number of anilines is 1. The molecule has 0 unspecified atom stereocenters. The molecule has 1 aromatic rings. The Labute approximate surface area is 124 Å². The molecule has 0 spiro atoms. The van der Waals surface area contributed by atoms with E-state index in [-0.39, 0.29) is 5.91 Å². The highest BCUT2D eigenvalue weighted by Gasteiger charge is 2.37. The molecule has 1 aliphatic rings. The molecule has 1 aliphatic carbocycles. The van der Waals surface area contributed by atoms with Gasteiger partial charge in [-0.15, -0.1) is 0 Å². The summed E-state index contributed by atoms with van der Waals surface area (Å²) >= 11 is 3.28. The van der Waals surface area contributed by atoms with Crippen molar-refractivity contribution in [2.75, 3.05) is 5.32 Å². The molecule has 20 heavy (non-hydrogen) atoms.